The molecular formula is C16H18BrClN2O. The molecule has 1 aromatic heterocycles. The maximum Gasteiger partial charge on any atom is 0.213 e. The summed E-state index contributed by atoms with van der Waals surface area (Å²) < 4.78 is 6.77. The fourth-order valence-electron chi connectivity index (χ4n) is 1.84. The number of benzene rings is 1. The van der Waals surface area contributed by atoms with Gasteiger partial charge in [-0.05, 0) is 36.7 Å². The van der Waals surface area contributed by atoms with Crippen LogP contribution in [-0.2, 0) is 13.2 Å². The highest BCUT2D eigenvalue weighted by Gasteiger charge is 2.05. The third-order valence-corrected chi connectivity index (χ3v) is 3.73. The molecule has 0 saturated heterocycles. The number of hydrogen-bond acceptors (Lipinski definition) is 3. The third-order valence-electron chi connectivity index (χ3n) is 2.89. The van der Waals surface area contributed by atoms with Crippen molar-refractivity contribution in [2.24, 2.45) is 0 Å². The zero-order valence-electron chi connectivity index (χ0n) is 11.9. The molecule has 112 valence electrons. The molecule has 2 aromatic rings. The summed E-state index contributed by atoms with van der Waals surface area (Å²) in [7, 11) is 0. The summed E-state index contributed by atoms with van der Waals surface area (Å²) in [4.78, 5) is 4.45. The molecule has 2 rings (SSSR count). The van der Waals surface area contributed by atoms with Crippen LogP contribution < -0.4 is 10.1 Å². The van der Waals surface area contributed by atoms with Crippen LogP contribution in [0, 0.1) is 0 Å². The molecule has 1 aromatic carbocycles. The Balaban J connectivity index is 1.98. The van der Waals surface area contributed by atoms with Crippen molar-refractivity contribution in [2.45, 2.75) is 26.5 Å². The van der Waals surface area contributed by atoms with Crippen molar-refractivity contribution < 1.29 is 4.74 Å². The Morgan fingerprint density at radius 2 is 2.14 bits per heavy atom. The van der Waals surface area contributed by atoms with Crippen LogP contribution >= 0.6 is 27.5 Å². The lowest BCUT2D eigenvalue weighted by Crippen LogP contribution is -2.15. The van der Waals surface area contributed by atoms with E-state index in [9.17, 15) is 0 Å². The molecule has 0 aliphatic rings. The summed E-state index contributed by atoms with van der Waals surface area (Å²) in [6.07, 6.45) is 1.08. The molecule has 0 amide bonds. The van der Waals surface area contributed by atoms with Crippen molar-refractivity contribution in [3.63, 3.8) is 0 Å². The molecule has 0 bridgehead atoms. The SMILES string of the molecule is CCCNCc1nc(OCc2cccc(Br)c2)ccc1Cl. The number of nitrogens with one attached hydrogen (secondary N) is 1. The zero-order valence-corrected chi connectivity index (χ0v) is 14.2. The van der Waals surface area contributed by atoms with Crippen LogP contribution in [-0.4, -0.2) is 11.5 Å². The van der Waals surface area contributed by atoms with Gasteiger partial charge in [0.15, 0.2) is 0 Å². The molecule has 0 fully saturated rings. The number of halogens is 2. The molecule has 3 nitrogen and oxygen atoms in total. The predicted octanol–water partition coefficient (Wildman–Crippen LogP) is 4.58. The van der Waals surface area contributed by atoms with E-state index >= 15 is 0 Å². The molecular weight excluding hydrogens is 352 g/mol. The minimum Gasteiger partial charge on any atom is -0.473 e. The molecule has 0 saturated carbocycles. The molecule has 21 heavy (non-hydrogen) atoms. The summed E-state index contributed by atoms with van der Waals surface area (Å²) in [5.41, 5.74) is 1.91. The number of pyridine rings is 1. The molecule has 0 aliphatic carbocycles. The first-order valence-corrected chi connectivity index (χ1v) is 8.09. The van der Waals surface area contributed by atoms with E-state index in [0.29, 0.717) is 24.1 Å². The highest BCUT2D eigenvalue weighted by atomic mass is 79.9. The minimum atomic E-state index is 0.482. The van der Waals surface area contributed by atoms with Gasteiger partial charge in [-0.3, -0.25) is 0 Å². The molecule has 0 radical (unpaired) electrons. The van der Waals surface area contributed by atoms with Gasteiger partial charge in [0, 0.05) is 17.1 Å². The summed E-state index contributed by atoms with van der Waals surface area (Å²) in [6.45, 7) is 4.21. The minimum absolute atomic E-state index is 0.482. The normalized spacial score (nSPS) is 10.6. The maximum atomic E-state index is 6.15. The molecule has 0 aliphatic heterocycles. The van der Waals surface area contributed by atoms with E-state index in [2.05, 4.69) is 33.2 Å². The van der Waals surface area contributed by atoms with Gasteiger partial charge >= 0.3 is 0 Å². The summed E-state index contributed by atoms with van der Waals surface area (Å²) >= 11 is 9.60. The smallest absolute Gasteiger partial charge is 0.213 e. The second-order valence-corrected chi connectivity index (χ2v) is 6.00. The molecule has 0 unspecified atom stereocenters. The van der Waals surface area contributed by atoms with Gasteiger partial charge in [-0.25, -0.2) is 4.98 Å². The Labute approximate surface area is 138 Å². The lowest BCUT2D eigenvalue weighted by molar-refractivity contribution is 0.292. The van der Waals surface area contributed by atoms with Crippen molar-refractivity contribution in [3.05, 3.63) is 57.2 Å². The predicted molar refractivity (Wildman–Crippen MR) is 89.7 cm³/mol. The Bertz CT molecular complexity index is 592. The number of ether oxygens (including phenoxy) is 1. The summed E-state index contributed by atoms with van der Waals surface area (Å²) in [5.74, 6) is 0.590. The Morgan fingerprint density at radius 1 is 1.29 bits per heavy atom. The Kier molecular flexibility index (Phi) is 6.49. The summed E-state index contributed by atoms with van der Waals surface area (Å²) in [6, 6.07) is 11.6. The van der Waals surface area contributed by atoms with Crippen LogP contribution in [0.15, 0.2) is 40.9 Å². The van der Waals surface area contributed by atoms with E-state index in [0.717, 1.165) is 28.7 Å². The van der Waals surface area contributed by atoms with Gasteiger partial charge in [-0.2, -0.15) is 0 Å². The van der Waals surface area contributed by atoms with Gasteiger partial charge in [-0.1, -0.05) is 46.6 Å². The Hall–Kier alpha value is -1.10. The van der Waals surface area contributed by atoms with E-state index in [4.69, 9.17) is 16.3 Å². The lowest BCUT2D eigenvalue weighted by atomic mass is 10.2. The topological polar surface area (TPSA) is 34.2 Å². The highest BCUT2D eigenvalue weighted by molar-refractivity contribution is 9.10. The van der Waals surface area contributed by atoms with Crippen LogP contribution in [0.5, 0.6) is 5.88 Å². The van der Waals surface area contributed by atoms with Gasteiger partial charge in [0.05, 0.1) is 10.7 Å². The maximum absolute atomic E-state index is 6.15. The zero-order chi connectivity index (χ0) is 15.1. The first kappa shape index (κ1) is 16.3. The third kappa shape index (κ3) is 5.30. The highest BCUT2D eigenvalue weighted by Crippen LogP contribution is 2.19. The van der Waals surface area contributed by atoms with Crippen molar-refractivity contribution in [3.8, 4) is 5.88 Å². The van der Waals surface area contributed by atoms with E-state index in [-0.39, 0.29) is 0 Å². The molecule has 1 N–H and O–H groups in total. The molecule has 5 heteroatoms. The van der Waals surface area contributed by atoms with Crippen molar-refractivity contribution >= 4 is 27.5 Å². The van der Waals surface area contributed by atoms with E-state index in [1.807, 2.05) is 30.3 Å². The van der Waals surface area contributed by atoms with Crippen LogP contribution in [0.2, 0.25) is 5.02 Å². The number of hydrogen-bond donors (Lipinski definition) is 1. The van der Waals surface area contributed by atoms with Crippen LogP contribution in [0.1, 0.15) is 24.6 Å². The second-order valence-electron chi connectivity index (χ2n) is 4.67. The number of nitrogens with zero attached hydrogens (tertiary/aromatic N) is 1. The van der Waals surface area contributed by atoms with Crippen molar-refractivity contribution in [2.75, 3.05) is 6.54 Å². The quantitative estimate of drug-likeness (QED) is 0.726. The average Bonchev–Trinajstić information content (AvgIpc) is 2.48. The Morgan fingerprint density at radius 3 is 2.90 bits per heavy atom. The standard InChI is InChI=1S/C16H18BrClN2O/c1-2-8-19-10-15-14(18)6-7-16(20-15)21-11-12-4-3-5-13(17)9-12/h3-7,9,19H,2,8,10-11H2,1H3. The van der Waals surface area contributed by atoms with Crippen molar-refractivity contribution in [1.82, 2.24) is 10.3 Å². The first-order valence-electron chi connectivity index (χ1n) is 6.92. The van der Waals surface area contributed by atoms with E-state index in [1.54, 1.807) is 6.07 Å². The van der Waals surface area contributed by atoms with E-state index < -0.39 is 0 Å². The van der Waals surface area contributed by atoms with Gasteiger partial charge in [-0.15, -0.1) is 0 Å². The fraction of sp³-hybridized carbons (Fsp3) is 0.312. The van der Waals surface area contributed by atoms with Crippen molar-refractivity contribution in [1.29, 1.82) is 0 Å². The lowest BCUT2D eigenvalue weighted by Gasteiger charge is -2.09. The van der Waals surface area contributed by atoms with Gasteiger partial charge in [0.2, 0.25) is 5.88 Å². The van der Waals surface area contributed by atoms with Crippen LogP contribution in [0.4, 0.5) is 0 Å². The second kappa shape index (κ2) is 8.37. The van der Waals surface area contributed by atoms with Crippen LogP contribution in [0.25, 0.3) is 0 Å². The van der Waals surface area contributed by atoms with Gasteiger partial charge in [0.1, 0.15) is 6.61 Å². The average molecular weight is 370 g/mol. The largest absolute Gasteiger partial charge is 0.473 e. The van der Waals surface area contributed by atoms with Gasteiger partial charge < -0.3 is 10.1 Å². The van der Waals surface area contributed by atoms with E-state index in [1.165, 1.54) is 0 Å². The number of aromatic nitrogens is 1. The van der Waals surface area contributed by atoms with Gasteiger partial charge in [0.25, 0.3) is 0 Å². The summed E-state index contributed by atoms with van der Waals surface area (Å²) in [5, 5.41) is 3.95. The monoisotopic (exact) mass is 368 g/mol. The van der Waals surface area contributed by atoms with Crippen LogP contribution in [0.3, 0.4) is 0 Å². The first-order chi connectivity index (χ1) is 10.2. The fourth-order valence-corrected chi connectivity index (χ4v) is 2.45. The molecule has 0 atom stereocenters. The molecule has 0 spiro atoms. The molecule has 1 heterocycles. The number of rotatable bonds is 7.